The smallest absolute Gasteiger partial charge is 0.408 e. The molecule has 7 heteroatoms. The molecule has 0 atom stereocenters. The van der Waals surface area contributed by atoms with Crippen molar-refractivity contribution in [2.75, 3.05) is 0 Å². The molecule has 0 unspecified atom stereocenters. The molecular weight excluding hydrogens is 324 g/mol. The van der Waals surface area contributed by atoms with Crippen molar-refractivity contribution in [3.63, 3.8) is 0 Å². The monoisotopic (exact) mass is 330 g/mol. The average molecular weight is 331 g/mol. The maximum absolute atomic E-state index is 11.2. The Kier molecular flexibility index (Phi) is 2.31. The van der Waals surface area contributed by atoms with E-state index in [4.69, 9.17) is 4.42 Å². The predicted molar refractivity (Wildman–Crippen MR) is 76.5 cm³/mol. The molecule has 4 rings (SSSR count). The SMILES string of the molecule is O=c1[nH]c2cc(-c3ccc4ncc(Br)n4n3)ccc2o1. The molecule has 3 heterocycles. The second-order valence-electron chi connectivity index (χ2n) is 4.29. The molecular formula is C13H7BrN4O2. The second-order valence-corrected chi connectivity index (χ2v) is 5.11. The zero-order chi connectivity index (χ0) is 13.7. The molecule has 98 valence electrons. The Bertz CT molecular complexity index is 998. The van der Waals surface area contributed by atoms with Crippen molar-refractivity contribution >= 4 is 32.7 Å². The topological polar surface area (TPSA) is 76.2 Å². The van der Waals surface area contributed by atoms with E-state index in [1.54, 1.807) is 16.8 Å². The Morgan fingerprint density at radius 3 is 3.05 bits per heavy atom. The number of imidazole rings is 1. The number of benzene rings is 1. The molecule has 0 aliphatic carbocycles. The van der Waals surface area contributed by atoms with Gasteiger partial charge in [-0.25, -0.2) is 14.3 Å². The highest BCUT2D eigenvalue weighted by molar-refractivity contribution is 9.10. The Hall–Kier alpha value is -2.41. The lowest BCUT2D eigenvalue weighted by atomic mass is 10.1. The highest BCUT2D eigenvalue weighted by atomic mass is 79.9. The molecule has 0 amide bonds. The van der Waals surface area contributed by atoms with E-state index in [1.165, 1.54) is 0 Å². The zero-order valence-corrected chi connectivity index (χ0v) is 11.6. The number of oxazole rings is 1. The first kappa shape index (κ1) is 11.4. The van der Waals surface area contributed by atoms with Gasteiger partial charge in [-0.1, -0.05) is 0 Å². The van der Waals surface area contributed by atoms with Gasteiger partial charge in [0, 0.05) is 5.56 Å². The van der Waals surface area contributed by atoms with Crippen molar-refractivity contribution in [3.8, 4) is 11.3 Å². The number of H-pyrrole nitrogens is 1. The molecule has 0 aliphatic rings. The van der Waals surface area contributed by atoms with Crippen molar-refractivity contribution < 1.29 is 4.42 Å². The molecule has 4 aromatic rings. The van der Waals surface area contributed by atoms with Crippen LogP contribution in [0.15, 0.2) is 50.3 Å². The number of nitrogens with zero attached hydrogens (tertiary/aromatic N) is 3. The summed E-state index contributed by atoms with van der Waals surface area (Å²) in [6.45, 7) is 0. The fourth-order valence-electron chi connectivity index (χ4n) is 2.11. The number of fused-ring (bicyclic) bond motifs is 2. The fraction of sp³-hybridized carbons (Fsp3) is 0. The van der Waals surface area contributed by atoms with Gasteiger partial charge >= 0.3 is 5.76 Å². The zero-order valence-electron chi connectivity index (χ0n) is 10.0. The number of nitrogens with one attached hydrogen (secondary N) is 1. The molecule has 3 aromatic heterocycles. The van der Waals surface area contributed by atoms with Gasteiger partial charge < -0.3 is 4.42 Å². The van der Waals surface area contributed by atoms with E-state index in [0.29, 0.717) is 11.1 Å². The summed E-state index contributed by atoms with van der Waals surface area (Å²) < 4.78 is 7.47. The van der Waals surface area contributed by atoms with E-state index in [-0.39, 0.29) is 0 Å². The molecule has 0 spiro atoms. The Balaban J connectivity index is 1.94. The van der Waals surface area contributed by atoms with Crippen molar-refractivity contribution in [3.05, 3.63) is 51.7 Å². The number of rotatable bonds is 1. The van der Waals surface area contributed by atoms with Gasteiger partial charge in [-0.15, -0.1) is 0 Å². The number of hydrogen-bond donors (Lipinski definition) is 1. The van der Waals surface area contributed by atoms with Crippen LogP contribution < -0.4 is 5.76 Å². The Morgan fingerprint density at radius 1 is 1.25 bits per heavy atom. The number of hydrogen-bond acceptors (Lipinski definition) is 4. The third-order valence-electron chi connectivity index (χ3n) is 3.04. The van der Waals surface area contributed by atoms with Crippen molar-refractivity contribution in [2.45, 2.75) is 0 Å². The minimum atomic E-state index is -0.460. The van der Waals surface area contributed by atoms with E-state index in [1.807, 2.05) is 24.3 Å². The maximum Gasteiger partial charge on any atom is 0.417 e. The third-order valence-corrected chi connectivity index (χ3v) is 3.58. The normalized spacial score (nSPS) is 11.4. The van der Waals surface area contributed by atoms with Crippen molar-refractivity contribution in [1.82, 2.24) is 19.6 Å². The van der Waals surface area contributed by atoms with Gasteiger partial charge in [-0.2, -0.15) is 5.10 Å². The number of halogens is 1. The third kappa shape index (κ3) is 1.67. The summed E-state index contributed by atoms with van der Waals surface area (Å²) in [5.74, 6) is -0.460. The van der Waals surface area contributed by atoms with Crippen LogP contribution in [-0.4, -0.2) is 19.6 Å². The lowest BCUT2D eigenvalue weighted by molar-refractivity contribution is 0.555. The summed E-state index contributed by atoms with van der Waals surface area (Å²) in [5, 5.41) is 4.50. The lowest BCUT2D eigenvalue weighted by Gasteiger charge is -2.02. The van der Waals surface area contributed by atoms with Crippen molar-refractivity contribution in [2.24, 2.45) is 0 Å². The molecule has 20 heavy (non-hydrogen) atoms. The molecule has 0 saturated heterocycles. The van der Waals surface area contributed by atoms with Crippen LogP contribution in [0.5, 0.6) is 0 Å². The Labute approximate surface area is 120 Å². The molecule has 0 saturated carbocycles. The van der Waals surface area contributed by atoms with Crippen molar-refractivity contribution in [1.29, 1.82) is 0 Å². The molecule has 1 N–H and O–H groups in total. The van der Waals surface area contributed by atoms with Gasteiger partial charge in [0.2, 0.25) is 0 Å². The van der Waals surface area contributed by atoms with Crippen LogP contribution in [0.25, 0.3) is 28.0 Å². The summed E-state index contributed by atoms with van der Waals surface area (Å²) in [5.41, 5.74) is 3.61. The second kappa shape index (κ2) is 4.04. The largest absolute Gasteiger partial charge is 0.417 e. The lowest BCUT2D eigenvalue weighted by Crippen LogP contribution is -1.95. The quantitative estimate of drug-likeness (QED) is 0.582. The standard InChI is InChI=1S/C13H7BrN4O2/c14-11-6-15-12-4-2-8(17-18(11)12)7-1-3-10-9(5-7)16-13(19)20-10/h1-6H,(H,16,19). The molecule has 0 fully saturated rings. The summed E-state index contributed by atoms with van der Waals surface area (Å²) in [4.78, 5) is 18.0. The highest BCUT2D eigenvalue weighted by Gasteiger charge is 2.07. The van der Waals surface area contributed by atoms with Gasteiger partial charge in [0.25, 0.3) is 0 Å². The van der Waals surface area contributed by atoms with E-state index in [0.717, 1.165) is 21.5 Å². The summed E-state index contributed by atoms with van der Waals surface area (Å²) in [7, 11) is 0. The van der Waals surface area contributed by atoms with Gasteiger partial charge in [-0.05, 0) is 46.3 Å². The highest BCUT2D eigenvalue weighted by Crippen LogP contribution is 2.22. The summed E-state index contributed by atoms with van der Waals surface area (Å²) >= 11 is 3.39. The van der Waals surface area contributed by atoms with Crippen LogP contribution >= 0.6 is 15.9 Å². The van der Waals surface area contributed by atoms with Crippen LogP contribution in [0.1, 0.15) is 0 Å². The van der Waals surface area contributed by atoms with Crippen LogP contribution in [0, 0.1) is 0 Å². The Morgan fingerprint density at radius 2 is 2.15 bits per heavy atom. The van der Waals surface area contributed by atoms with Gasteiger partial charge in [0.15, 0.2) is 11.2 Å². The molecule has 6 nitrogen and oxygen atoms in total. The van der Waals surface area contributed by atoms with Crippen LogP contribution in [0.2, 0.25) is 0 Å². The molecule has 0 aliphatic heterocycles. The summed E-state index contributed by atoms with van der Waals surface area (Å²) in [6, 6.07) is 9.21. The minimum absolute atomic E-state index is 0.460. The van der Waals surface area contributed by atoms with E-state index >= 15 is 0 Å². The number of aromatic nitrogens is 4. The van der Waals surface area contributed by atoms with Crippen LogP contribution in [-0.2, 0) is 0 Å². The first-order valence-electron chi connectivity index (χ1n) is 5.84. The molecule has 0 radical (unpaired) electrons. The summed E-state index contributed by atoms with van der Waals surface area (Å²) in [6.07, 6.45) is 1.70. The molecule has 0 bridgehead atoms. The van der Waals surface area contributed by atoms with E-state index in [2.05, 4.69) is 31.0 Å². The van der Waals surface area contributed by atoms with Crippen LogP contribution in [0.3, 0.4) is 0 Å². The molecule has 1 aromatic carbocycles. The van der Waals surface area contributed by atoms with Gasteiger partial charge in [-0.3, -0.25) is 4.98 Å². The first-order chi connectivity index (χ1) is 9.70. The predicted octanol–water partition coefficient (Wildman–Crippen LogP) is 2.59. The average Bonchev–Trinajstić information content (AvgIpc) is 3.00. The van der Waals surface area contributed by atoms with Crippen LogP contribution in [0.4, 0.5) is 0 Å². The van der Waals surface area contributed by atoms with Gasteiger partial charge in [0.1, 0.15) is 4.60 Å². The van der Waals surface area contributed by atoms with E-state index < -0.39 is 5.76 Å². The van der Waals surface area contributed by atoms with Gasteiger partial charge in [0.05, 0.1) is 17.4 Å². The number of aromatic amines is 1. The maximum atomic E-state index is 11.2. The minimum Gasteiger partial charge on any atom is -0.408 e. The first-order valence-corrected chi connectivity index (χ1v) is 6.63. The fourth-order valence-corrected chi connectivity index (χ4v) is 2.47. The van der Waals surface area contributed by atoms with E-state index in [9.17, 15) is 4.79 Å².